The van der Waals surface area contributed by atoms with Crippen molar-refractivity contribution in [3.05, 3.63) is 62.3 Å². The third-order valence-electron chi connectivity index (χ3n) is 2.47. The molecule has 1 aromatic carbocycles. The Labute approximate surface area is 117 Å². The highest BCUT2D eigenvalue weighted by Crippen LogP contribution is 2.30. The van der Waals surface area contributed by atoms with Gasteiger partial charge < -0.3 is 5.11 Å². The van der Waals surface area contributed by atoms with Gasteiger partial charge in [0, 0.05) is 26.9 Å². The van der Waals surface area contributed by atoms with Crippen molar-refractivity contribution in [1.82, 2.24) is 4.98 Å². The summed E-state index contributed by atoms with van der Waals surface area (Å²) < 4.78 is 1.85. The molecule has 0 aliphatic heterocycles. The third-order valence-corrected chi connectivity index (χ3v) is 3.65. The number of aliphatic hydroxyl groups is 1. The predicted molar refractivity (Wildman–Crippen MR) is 74.9 cm³/mol. The smallest absolute Gasteiger partial charge is 0.107 e. The van der Waals surface area contributed by atoms with Gasteiger partial charge in [-0.1, -0.05) is 44.0 Å². The summed E-state index contributed by atoms with van der Waals surface area (Å²) in [5.74, 6) is 0. The first-order valence-electron chi connectivity index (χ1n) is 5.12. The number of hydrogen-bond donors (Lipinski definition) is 1. The van der Waals surface area contributed by atoms with Crippen LogP contribution in [-0.2, 0) is 0 Å². The van der Waals surface area contributed by atoms with Crippen molar-refractivity contribution in [2.24, 2.45) is 0 Å². The van der Waals surface area contributed by atoms with Crippen LogP contribution in [0.3, 0.4) is 0 Å². The van der Waals surface area contributed by atoms with E-state index in [1.165, 1.54) is 0 Å². The van der Waals surface area contributed by atoms with E-state index in [9.17, 15) is 5.11 Å². The lowest BCUT2D eigenvalue weighted by atomic mass is 10.0. The molecule has 0 saturated carbocycles. The topological polar surface area (TPSA) is 33.1 Å². The molecule has 1 unspecified atom stereocenters. The van der Waals surface area contributed by atoms with E-state index < -0.39 is 6.10 Å². The minimum Gasteiger partial charge on any atom is -0.384 e. The molecule has 0 amide bonds. The van der Waals surface area contributed by atoms with Crippen LogP contribution in [0.25, 0.3) is 0 Å². The molecule has 0 aliphatic carbocycles. The zero-order valence-electron chi connectivity index (χ0n) is 9.19. The minimum absolute atomic E-state index is 0.662. The Balaban J connectivity index is 2.40. The van der Waals surface area contributed by atoms with E-state index in [1.807, 2.05) is 31.2 Å². The lowest BCUT2D eigenvalue weighted by Crippen LogP contribution is -2.01. The highest BCUT2D eigenvalue weighted by Gasteiger charge is 2.14. The van der Waals surface area contributed by atoms with Crippen LogP contribution in [0.5, 0.6) is 0 Å². The van der Waals surface area contributed by atoms with E-state index in [4.69, 9.17) is 0 Å². The lowest BCUT2D eigenvalue weighted by Gasteiger charge is -2.13. The predicted octanol–water partition coefficient (Wildman–Crippen LogP) is 4.00. The summed E-state index contributed by atoms with van der Waals surface area (Å²) in [6.07, 6.45) is 2.80. The zero-order valence-corrected chi connectivity index (χ0v) is 12.4. The van der Waals surface area contributed by atoms with E-state index in [-0.39, 0.29) is 0 Å². The van der Waals surface area contributed by atoms with E-state index in [0.29, 0.717) is 0 Å². The summed E-state index contributed by atoms with van der Waals surface area (Å²) in [6.45, 7) is 1.96. The Kier molecular flexibility index (Phi) is 3.97. The molecule has 0 bridgehead atoms. The van der Waals surface area contributed by atoms with Crippen molar-refractivity contribution < 1.29 is 5.11 Å². The van der Waals surface area contributed by atoms with Gasteiger partial charge in [-0.15, -0.1) is 0 Å². The van der Waals surface area contributed by atoms with Gasteiger partial charge in [0.15, 0.2) is 0 Å². The van der Waals surface area contributed by atoms with Crippen LogP contribution in [0.15, 0.2) is 45.6 Å². The maximum atomic E-state index is 10.3. The number of rotatable bonds is 2. The first-order valence-corrected chi connectivity index (χ1v) is 6.71. The van der Waals surface area contributed by atoms with Crippen molar-refractivity contribution in [3.63, 3.8) is 0 Å². The van der Waals surface area contributed by atoms with Crippen LogP contribution in [0.2, 0.25) is 0 Å². The number of aromatic nitrogens is 1. The summed E-state index contributed by atoms with van der Waals surface area (Å²) in [5.41, 5.74) is 2.67. The minimum atomic E-state index is -0.662. The zero-order chi connectivity index (χ0) is 12.4. The highest BCUT2D eigenvalue weighted by atomic mass is 79.9. The monoisotopic (exact) mass is 355 g/mol. The van der Waals surface area contributed by atoms with Gasteiger partial charge in [0.1, 0.15) is 6.10 Å². The SMILES string of the molecule is Cc1cncc(C(O)c2ccc(Br)cc2Br)c1. The first kappa shape index (κ1) is 12.7. The van der Waals surface area contributed by atoms with Crippen molar-refractivity contribution >= 4 is 31.9 Å². The van der Waals surface area contributed by atoms with E-state index in [1.54, 1.807) is 12.4 Å². The second kappa shape index (κ2) is 5.29. The molecule has 0 saturated heterocycles. The molecule has 0 spiro atoms. The second-order valence-electron chi connectivity index (χ2n) is 3.86. The summed E-state index contributed by atoms with van der Waals surface area (Å²) in [7, 11) is 0. The van der Waals surface area contributed by atoms with Gasteiger partial charge in [0.2, 0.25) is 0 Å². The second-order valence-corrected chi connectivity index (χ2v) is 5.63. The normalized spacial score (nSPS) is 12.5. The molecule has 17 heavy (non-hydrogen) atoms. The van der Waals surface area contributed by atoms with Gasteiger partial charge in [0.25, 0.3) is 0 Å². The van der Waals surface area contributed by atoms with Gasteiger partial charge in [-0.05, 0) is 30.2 Å². The van der Waals surface area contributed by atoms with E-state index in [2.05, 4.69) is 36.8 Å². The van der Waals surface area contributed by atoms with Crippen LogP contribution in [0.4, 0.5) is 0 Å². The number of nitrogens with zero attached hydrogens (tertiary/aromatic N) is 1. The Morgan fingerprint density at radius 2 is 1.94 bits per heavy atom. The molecule has 0 aliphatic rings. The maximum Gasteiger partial charge on any atom is 0.107 e. The number of benzene rings is 1. The fraction of sp³-hybridized carbons (Fsp3) is 0.154. The fourth-order valence-corrected chi connectivity index (χ4v) is 2.89. The summed E-state index contributed by atoms with van der Waals surface area (Å²) in [6, 6.07) is 7.65. The van der Waals surface area contributed by atoms with Crippen LogP contribution in [-0.4, -0.2) is 10.1 Å². The number of halogens is 2. The number of aryl methyl sites for hydroxylation is 1. The largest absolute Gasteiger partial charge is 0.384 e. The molecule has 1 heterocycles. The standard InChI is InChI=1S/C13H11Br2NO/c1-8-4-9(7-16-6-8)13(17)11-3-2-10(14)5-12(11)15/h2-7,13,17H,1H3. The Hall–Kier alpha value is -0.710. The quantitative estimate of drug-likeness (QED) is 0.882. The highest BCUT2D eigenvalue weighted by molar-refractivity contribution is 9.11. The van der Waals surface area contributed by atoms with Crippen LogP contribution in [0.1, 0.15) is 22.8 Å². The van der Waals surface area contributed by atoms with Crippen LogP contribution >= 0.6 is 31.9 Å². The number of aliphatic hydroxyl groups excluding tert-OH is 1. The Morgan fingerprint density at radius 3 is 2.59 bits per heavy atom. The maximum absolute atomic E-state index is 10.3. The lowest BCUT2D eigenvalue weighted by molar-refractivity contribution is 0.219. The average Bonchev–Trinajstić information content (AvgIpc) is 2.28. The Morgan fingerprint density at radius 1 is 1.18 bits per heavy atom. The summed E-state index contributed by atoms with van der Waals surface area (Å²) in [4.78, 5) is 4.09. The van der Waals surface area contributed by atoms with E-state index >= 15 is 0 Å². The van der Waals surface area contributed by atoms with Crippen molar-refractivity contribution in [2.45, 2.75) is 13.0 Å². The molecule has 0 radical (unpaired) electrons. The van der Waals surface area contributed by atoms with Gasteiger partial charge in [-0.25, -0.2) is 0 Å². The molecule has 88 valence electrons. The fourth-order valence-electron chi connectivity index (χ4n) is 1.63. The van der Waals surface area contributed by atoms with Crippen LogP contribution in [0, 0.1) is 6.92 Å². The van der Waals surface area contributed by atoms with Crippen molar-refractivity contribution in [2.75, 3.05) is 0 Å². The van der Waals surface area contributed by atoms with Gasteiger partial charge >= 0.3 is 0 Å². The summed E-state index contributed by atoms with van der Waals surface area (Å²) >= 11 is 6.84. The average molecular weight is 357 g/mol. The Bertz CT molecular complexity index is 543. The van der Waals surface area contributed by atoms with E-state index in [0.717, 1.165) is 25.6 Å². The van der Waals surface area contributed by atoms with Crippen molar-refractivity contribution in [1.29, 1.82) is 0 Å². The van der Waals surface area contributed by atoms with Crippen molar-refractivity contribution in [3.8, 4) is 0 Å². The third kappa shape index (κ3) is 2.94. The molecular formula is C13H11Br2NO. The molecule has 1 atom stereocenters. The molecule has 1 N–H and O–H groups in total. The molecular weight excluding hydrogens is 346 g/mol. The molecule has 0 fully saturated rings. The van der Waals surface area contributed by atoms with Gasteiger partial charge in [-0.2, -0.15) is 0 Å². The number of pyridine rings is 1. The molecule has 2 aromatic rings. The molecule has 1 aromatic heterocycles. The van der Waals surface area contributed by atoms with Crippen LogP contribution < -0.4 is 0 Å². The molecule has 2 nitrogen and oxygen atoms in total. The summed E-state index contributed by atoms with van der Waals surface area (Å²) in [5, 5.41) is 10.3. The molecule has 4 heteroatoms. The van der Waals surface area contributed by atoms with Gasteiger partial charge in [0.05, 0.1) is 0 Å². The molecule has 2 rings (SSSR count). The number of hydrogen-bond acceptors (Lipinski definition) is 2. The van der Waals surface area contributed by atoms with Gasteiger partial charge in [-0.3, -0.25) is 4.98 Å². The first-order chi connectivity index (χ1) is 8.08.